The third kappa shape index (κ3) is 4.37. The first kappa shape index (κ1) is 22.0. The molecular weight excluding hydrogens is 434 g/mol. The van der Waals surface area contributed by atoms with Gasteiger partial charge in [-0.2, -0.15) is 4.31 Å². The molecule has 3 heterocycles. The van der Waals surface area contributed by atoms with Crippen molar-refractivity contribution in [2.75, 3.05) is 26.7 Å². The van der Waals surface area contributed by atoms with Crippen molar-refractivity contribution >= 4 is 26.9 Å². The molecule has 1 aliphatic rings. The normalized spacial score (nSPS) is 15.5. The highest BCUT2D eigenvalue weighted by atomic mass is 32.2. The van der Waals surface area contributed by atoms with Gasteiger partial charge < -0.3 is 14.5 Å². The molecule has 0 atom stereocenters. The van der Waals surface area contributed by atoms with E-state index < -0.39 is 21.6 Å². The van der Waals surface area contributed by atoms with Gasteiger partial charge in [-0.05, 0) is 43.0 Å². The van der Waals surface area contributed by atoms with Crippen LogP contribution in [0.2, 0.25) is 0 Å². The number of para-hydroxylation sites is 1. The number of methoxy groups -OCH3 is 1. The largest absolute Gasteiger partial charge is 0.493 e. The summed E-state index contributed by atoms with van der Waals surface area (Å²) in [5, 5.41) is 3.37. The lowest BCUT2D eigenvalue weighted by molar-refractivity contribution is 0.0938. The van der Waals surface area contributed by atoms with Gasteiger partial charge in [-0.15, -0.1) is 0 Å². The SMILES string of the molecule is COc1cccc2cc(C(=O)NCC3CCN(S(=O)(=O)c4cccnc4)CC3)c(=O)oc12. The quantitative estimate of drug-likeness (QED) is 0.563. The summed E-state index contributed by atoms with van der Waals surface area (Å²) in [5.74, 6) is 0.000301. The molecule has 1 saturated heterocycles. The summed E-state index contributed by atoms with van der Waals surface area (Å²) in [6.45, 7) is 1.06. The van der Waals surface area contributed by atoms with E-state index in [1.54, 1.807) is 24.3 Å². The summed E-state index contributed by atoms with van der Waals surface area (Å²) in [5.41, 5.74) is -0.530. The number of nitrogens with one attached hydrogen (secondary N) is 1. The number of sulfonamides is 1. The number of nitrogens with zero attached hydrogens (tertiary/aromatic N) is 2. The number of aromatic nitrogens is 1. The number of carbonyl (C=O) groups is 1. The summed E-state index contributed by atoms with van der Waals surface area (Å²) in [7, 11) is -2.10. The Labute approximate surface area is 185 Å². The van der Waals surface area contributed by atoms with Gasteiger partial charge in [-0.3, -0.25) is 9.78 Å². The first-order valence-corrected chi connectivity index (χ1v) is 11.6. The van der Waals surface area contributed by atoms with E-state index in [-0.39, 0.29) is 16.4 Å². The van der Waals surface area contributed by atoms with Gasteiger partial charge >= 0.3 is 5.63 Å². The highest BCUT2D eigenvalue weighted by Crippen LogP contribution is 2.25. The van der Waals surface area contributed by atoms with Crippen molar-refractivity contribution < 1.29 is 22.4 Å². The van der Waals surface area contributed by atoms with Gasteiger partial charge in [0.25, 0.3) is 5.91 Å². The lowest BCUT2D eigenvalue weighted by Gasteiger charge is -2.31. The van der Waals surface area contributed by atoms with E-state index in [9.17, 15) is 18.0 Å². The van der Waals surface area contributed by atoms with Crippen LogP contribution in [0.5, 0.6) is 5.75 Å². The summed E-state index contributed by atoms with van der Waals surface area (Å²) in [4.78, 5) is 29.0. The highest BCUT2D eigenvalue weighted by Gasteiger charge is 2.29. The second-order valence-electron chi connectivity index (χ2n) is 7.57. The first-order chi connectivity index (χ1) is 15.4. The van der Waals surface area contributed by atoms with Gasteiger partial charge in [-0.25, -0.2) is 13.2 Å². The molecule has 1 amide bonds. The van der Waals surface area contributed by atoms with Crippen molar-refractivity contribution in [3.63, 3.8) is 0 Å². The van der Waals surface area contributed by atoms with Crippen LogP contribution in [-0.4, -0.2) is 50.4 Å². The topological polar surface area (TPSA) is 119 Å². The molecule has 3 aromatic rings. The molecule has 0 spiro atoms. The van der Waals surface area contributed by atoms with Crippen LogP contribution in [0.4, 0.5) is 0 Å². The number of piperidine rings is 1. The predicted octanol–water partition coefficient (Wildman–Crippen LogP) is 2.03. The number of benzene rings is 1. The van der Waals surface area contributed by atoms with Crippen LogP contribution in [0.3, 0.4) is 0 Å². The molecule has 32 heavy (non-hydrogen) atoms. The zero-order valence-electron chi connectivity index (χ0n) is 17.5. The van der Waals surface area contributed by atoms with E-state index in [1.165, 1.54) is 35.9 Å². The third-order valence-corrected chi connectivity index (χ3v) is 7.47. The third-order valence-electron chi connectivity index (χ3n) is 5.59. The Morgan fingerprint density at radius 3 is 2.72 bits per heavy atom. The van der Waals surface area contributed by atoms with E-state index in [0.717, 1.165) is 0 Å². The molecule has 168 valence electrons. The summed E-state index contributed by atoms with van der Waals surface area (Å²) in [6, 6.07) is 9.76. The number of amides is 1. The van der Waals surface area contributed by atoms with E-state index in [0.29, 0.717) is 49.2 Å². The van der Waals surface area contributed by atoms with Crippen LogP contribution in [0.15, 0.2) is 62.9 Å². The van der Waals surface area contributed by atoms with Crippen molar-refractivity contribution in [3.05, 3.63) is 64.8 Å². The van der Waals surface area contributed by atoms with Crippen LogP contribution in [0.25, 0.3) is 11.0 Å². The lowest BCUT2D eigenvalue weighted by Crippen LogP contribution is -2.41. The van der Waals surface area contributed by atoms with Gasteiger partial charge in [0.1, 0.15) is 10.5 Å². The Morgan fingerprint density at radius 1 is 1.25 bits per heavy atom. The standard InChI is InChI=1S/C22H23N3O6S/c1-30-19-6-2-4-16-12-18(22(27)31-20(16)19)21(26)24-13-15-7-10-25(11-8-15)32(28,29)17-5-3-9-23-14-17/h2-6,9,12,14-15H,7-8,10-11,13H2,1H3,(H,24,26). The number of hydrogen-bond donors (Lipinski definition) is 1. The fourth-order valence-corrected chi connectivity index (χ4v) is 5.21. The molecule has 0 radical (unpaired) electrons. The molecule has 0 unspecified atom stereocenters. The molecule has 0 aliphatic carbocycles. The first-order valence-electron chi connectivity index (χ1n) is 10.2. The molecule has 0 saturated carbocycles. The van der Waals surface area contributed by atoms with Crippen molar-refractivity contribution in [1.82, 2.24) is 14.6 Å². The van der Waals surface area contributed by atoms with Crippen molar-refractivity contribution in [3.8, 4) is 5.75 Å². The van der Waals surface area contributed by atoms with Crippen molar-refractivity contribution in [1.29, 1.82) is 0 Å². The number of pyridine rings is 1. The van der Waals surface area contributed by atoms with Crippen LogP contribution in [0.1, 0.15) is 23.2 Å². The van der Waals surface area contributed by atoms with Crippen molar-refractivity contribution in [2.24, 2.45) is 5.92 Å². The van der Waals surface area contributed by atoms with Crippen LogP contribution in [0, 0.1) is 5.92 Å². The predicted molar refractivity (Wildman–Crippen MR) is 117 cm³/mol. The molecule has 10 heteroatoms. The number of fused-ring (bicyclic) bond motifs is 1. The molecule has 0 bridgehead atoms. The van der Waals surface area contributed by atoms with Gasteiger partial charge in [0.2, 0.25) is 10.0 Å². The van der Waals surface area contributed by atoms with E-state index in [2.05, 4.69) is 10.3 Å². The minimum absolute atomic E-state index is 0.0812. The Morgan fingerprint density at radius 2 is 2.03 bits per heavy atom. The highest BCUT2D eigenvalue weighted by molar-refractivity contribution is 7.89. The van der Waals surface area contributed by atoms with Crippen LogP contribution < -0.4 is 15.7 Å². The number of ether oxygens (including phenoxy) is 1. The number of rotatable bonds is 6. The van der Waals surface area contributed by atoms with Gasteiger partial charge in [0.15, 0.2) is 11.3 Å². The molecule has 1 aliphatic heterocycles. The Hall–Kier alpha value is -3.24. The summed E-state index contributed by atoms with van der Waals surface area (Å²) >= 11 is 0. The van der Waals surface area contributed by atoms with Gasteiger partial charge in [0, 0.05) is 37.4 Å². The smallest absolute Gasteiger partial charge is 0.349 e. The lowest BCUT2D eigenvalue weighted by atomic mass is 9.98. The average molecular weight is 458 g/mol. The molecule has 1 N–H and O–H groups in total. The average Bonchev–Trinajstić information content (AvgIpc) is 2.82. The maximum absolute atomic E-state index is 12.7. The number of hydrogen-bond acceptors (Lipinski definition) is 7. The zero-order chi connectivity index (χ0) is 22.7. The Kier molecular flexibility index (Phi) is 6.24. The van der Waals surface area contributed by atoms with Gasteiger partial charge in [-0.1, -0.05) is 12.1 Å². The molecule has 2 aromatic heterocycles. The van der Waals surface area contributed by atoms with Crippen molar-refractivity contribution in [2.45, 2.75) is 17.7 Å². The molecular formula is C22H23N3O6S. The summed E-state index contributed by atoms with van der Waals surface area (Å²) < 4.78 is 37.3. The fourth-order valence-electron chi connectivity index (χ4n) is 3.77. The minimum atomic E-state index is -3.57. The number of carbonyl (C=O) groups excluding carboxylic acids is 1. The molecule has 1 aromatic carbocycles. The molecule has 4 rings (SSSR count). The van der Waals surface area contributed by atoms with Crippen LogP contribution >= 0.6 is 0 Å². The van der Waals surface area contributed by atoms with E-state index in [1.807, 2.05) is 0 Å². The molecule has 9 nitrogen and oxygen atoms in total. The molecule has 1 fully saturated rings. The zero-order valence-corrected chi connectivity index (χ0v) is 18.3. The van der Waals surface area contributed by atoms with Crippen LogP contribution in [-0.2, 0) is 10.0 Å². The fraction of sp³-hybridized carbons (Fsp3) is 0.318. The second-order valence-corrected chi connectivity index (χ2v) is 9.51. The Balaban J connectivity index is 1.38. The monoisotopic (exact) mass is 457 g/mol. The Bertz CT molecular complexity index is 1280. The summed E-state index contributed by atoms with van der Waals surface area (Å²) in [6.07, 6.45) is 4.07. The minimum Gasteiger partial charge on any atom is -0.493 e. The maximum Gasteiger partial charge on any atom is 0.349 e. The van der Waals surface area contributed by atoms with E-state index >= 15 is 0 Å². The second kappa shape index (κ2) is 9.09. The van der Waals surface area contributed by atoms with E-state index in [4.69, 9.17) is 9.15 Å². The maximum atomic E-state index is 12.7. The van der Waals surface area contributed by atoms with Gasteiger partial charge in [0.05, 0.1) is 7.11 Å².